The molecule has 1 aromatic carbocycles. The van der Waals surface area contributed by atoms with Crippen molar-refractivity contribution in [2.45, 2.75) is 0 Å². The average Bonchev–Trinajstić information content (AvgIpc) is 2.53. The standard InChI is InChI=1S/C7H6N4/c1-2-4-7(5-3-1)11-6-8-9-10-11/h1-6H/i6D. The van der Waals surface area contributed by atoms with Crippen LogP contribution in [0.25, 0.3) is 5.69 Å². The van der Waals surface area contributed by atoms with Gasteiger partial charge in [0.05, 0.1) is 5.69 Å². The Bertz CT molecular complexity index is 370. The number of aromatic nitrogens is 4. The van der Waals surface area contributed by atoms with Crippen molar-refractivity contribution in [1.82, 2.24) is 20.2 Å². The molecule has 0 radical (unpaired) electrons. The van der Waals surface area contributed by atoms with Crippen LogP contribution in [0.1, 0.15) is 1.37 Å². The number of nitrogens with zero attached hydrogens (tertiary/aromatic N) is 4. The fourth-order valence-corrected chi connectivity index (χ4v) is 0.821. The molecule has 0 aliphatic rings. The molecule has 0 aliphatic heterocycles. The molecule has 54 valence electrons. The molecule has 0 aliphatic carbocycles. The van der Waals surface area contributed by atoms with Crippen molar-refractivity contribution in [1.29, 1.82) is 0 Å². The summed E-state index contributed by atoms with van der Waals surface area (Å²) in [6.07, 6.45) is 0.0428. The van der Waals surface area contributed by atoms with Crippen molar-refractivity contribution in [2.75, 3.05) is 0 Å². The van der Waals surface area contributed by atoms with Crippen LogP contribution >= 0.6 is 0 Å². The van der Waals surface area contributed by atoms with Gasteiger partial charge >= 0.3 is 0 Å². The highest BCUT2D eigenvalue weighted by atomic mass is 15.5. The minimum Gasteiger partial charge on any atom is -0.201 e. The van der Waals surface area contributed by atoms with Crippen molar-refractivity contribution < 1.29 is 1.37 Å². The van der Waals surface area contributed by atoms with Gasteiger partial charge in [-0.15, -0.1) is 5.10 Å². The van der Waals surface area contributed by atoms with E-state index in [0.29, 0.717) is 0 Å². The van der Waals surface area contributed by atoms with E-state index in [0.717, 1.165) is 5.69 Å². The zero-order valence-electron chi connectivity index (χ0n) is 6.68. The van der Waals surface area contributed by atoms with E-state index in [4.69, 9.17) is 1.37 Å². The van der Waals surface area contributed by atoms with Crippen LogP contribution in [0.4, 0.5) is 0 Å². The van der Waals surface area contributed by atoms with E-state index in [1.165, 1.54) is 4.68 Å². The highest BCUT2D eigenvalue weighted by Crippen LogP contribution is 2.01. The van der Waals surface area contributed by atoms with Crippen molar-refractivity contribution in [3.8, 4) is 5.69 Å². The van der Waals surface area contributed by atoms with E-state index >= 15 is 0 Å². The molecule has 0 spiro atoms. The van der Waals surface area contributed by atoms with Gasteiger partial charge in [-0.1, -0.05) is 18.2 Å². The Kier molecular flexibility index (Phi) is 1.14. The summed E-state index contributed by atoms with van der Waals surface area (Å²) in [7, 11) is 0. The Balaban J connectivity index is 2.51. The quantitative estimate of drug-likeness (QED) is 0.595. The smallest absolute Gasteiger partial charge is 0.143 e. The number of hydrogen-bond acceptors (Lipinski definition) is 3. The predicted molar refractivity (Wildman–Crippen MR) is 39.2 cm³/mol. The van der Waals surface area contributed by atoms with Crippen LogP contribution in [0, 0.1) is 0 Å². The van der Waals surface area contributed by atoms with Crippen LogP contribution in [0.2, 0.25) is 0 Å². The minimum absolute atomic E-state index is 0.0428. The number of tetrazole rings is 1. The van der Waals surface area contributed by atoms with Gasteiger partial charge in [0.15, 0.2) is 0 Å². The van der Waals surface area contributed by atoms with Gasteiger partial charge in [0.1, 0.15) is 7.67 Å². The summed E-state index contributed by atoms with van der Waals surface area (Å²) in [5.74, 6) is 0. The third-order valence-corrected chi connectivity index (χ3v) is 1.31. The molecular weight excluding hydrogens is 140 g/mol. The third-order valence-electron chi connectivity index (χ3n) is 1.31. The van der Waals surface area contributed by atoms with Gasteiger partial charge in [0.2, 0.25) is 0 Å². The molecule has 2 rings (SSSR count). The first-order valence-electron chi connectivity index (χ1n) is 3.68. The first kappa shape index (κ1) is 5.01. The van der Waals surface area contributed by atoms with E-state index in [9.17, 15) is 0 Å². The zero-order valence-corrected chi connectivity index (χ0v) is 5.68. The fraction of sp³-hybridized carbons (Fsp3) is 0. The van der Waals surface area contributed by atoms with Gasteiger partial charge in [0, 0.05) is 0 Å². The molecule has 0 unspecified atom stereocenters. The maximum atomic E-state index is 7.32. The molecule has 0 bridgehead atoms. The molecule has 0 N–H and O–H groups in total. The maximum absolute atomic E-state index is 7.32. The van der Waals surface area contributed by atoms with Crippen molar-refractivity contribution in [2.24, 2.45) is 0 Å². The van der Waals surface area contributed by atoms with Crippen LogP contribution in [0.5, 0.6) is 0 Å². The summed E-state index contributed by atoms with van der Waals surface area (Å²) in [6.45, 7) is 0. The Hall–Kier alpha value is -1.71. The lowest BCUT2D eigenvalue weighted by Gasteiger charge is -1.94. The van der Waals surface area contributed by atoms with Gasteiger partial charge in [-0.05, 0) is 22.6 Å². The molecule has 0 amide bonds. The number of para-hydroxylation sites is 1. The van der Waals surface area contributed by atoms with E-state index < -0.39 is 0 Å². The van der Waals surface area contributed by atoms with E-state index in [1.54, 1.807) is 0 Å². The van der Waals surface area contributed by atoms with Crippen LogP contribution in [0.3, 0.4) is 0 Å². The van der Waals surface area contributed by atoms with Gasteiger partial charge < -0.3 is 0 Å². The minimum atomic E-state index is 0.0428. The van der Waals surface area contributed by atoms with Crippen LogP contribution in [0.15, 0.2) is 36.6 Å². The number of hydrogen-bond donors (Lipinski definition) is 0. The highest BCUT2D eigenvalue weighted by Gasteiger charge is 1.92. The van der Waals surface area contributed by atoms with E-state index in [2.05, 4.69) is 15.5 Å². The van der Waals surface area contributed by atoms with Crippen LogP contribution in [-0.2, 0) is 0 Å². The summed E-state index contributed by atoms with van der Waals surface area (Å²) >= 11 is 0. The van der Waals surface area contributed by atoms with Crippen molar-refractivity contribution >= 4 is 0 Å². The largest absolute Gasteiger partial charge is 0.201 e. The van der Waals surface area contributed by atoms with Crippen LogP contribution in [-0.4, -0.2) is 20.2 Å². The average molecular weight is 147 g/mol. The molecule has 1 aromatic heterocycles. The summed E-state index contributed by atoms with van der Waals surface area (Å²) < 4.78 is 8.68. The Morgan fingerprint density at radius 2 is 2.09 bits per heavy atom. The van der Waals surface area contributed by atoms with Gasteiger partial charge in [-0.3, -0.25) is 0 Å². The second-order valence-corrected chi connectivity index (χ2v) is 2.03. The molecule has 2 aromatic rings. The molecule has 4 nitrogen and oxygen atoms in total. The van der Waals surface area contributed by atoms with Gasteiger partial charge in [-0.25, -0.2) is 4.68 Å². The first-order valence-corrected chi connectivity index (χ1v) is 3.18. The Labute approximate surface area is 64.9 Å². The Morgan fingerprint density at radius 1 is 1.27 bits per heavy atom. The topological polar surface area (TPSA) is 43.6 Å². The monoisotopic (exact) mass is 147 g/mol. The molecular formula is C7H6N4. The molecule has 0 saturated carbocycles. The molecule has 11 heavy (non-hydrogen) atoms. The lowest BCUT2D eigenvalue weighted by molar-refractivity contribution is 0.789. The summed E-state index contributed by atoms with van der Waals surface area (Å²) in [5, 5.41) is 10.5. The lowest BCUT2D eigenvalue weighted by Crippen LogP contribution is -1.93. The van der Waals surface area contributed by atoms with Gasteiger partial charge in [0.25, 0.3) is 0 Å². The fourth-order valence-electron chi connectivity index (χ4n) is 0.821. The number of rotatable bonds is 1. The predicted octanol–water partition coefficient (Wildman–Crippen LogP) is 0.662. The molecule has 0 atom stereocenters. The molecule has 4 heteroatoms. The van der Waals surface area contributed by atoms with Crippen molar-refractivity contribution in [3.63, 3.8) is 0 Å². The lowest BCUT2D eigenvalue weighted by atomic mass is 10.3. The molecule has 0 saturated heterocycles. The summed E-state index contributed by atoms with van der Waals surface area (Å²) in [4.78, 5) is 0. The second-order valence-electron chi connectivity index (χ2n) is 2.03. The highest BCUT2D eigenvalue weighted by molar-refractivity contribution is 5.28. The zero-order chi connectivity index (χ0) is 8.39. The number of benzene rings is 1. The van der Waals surface area contributed by atoms with E-state index in [-0.39, 0.29) is 6.30 Å². The maximum Gasteiger partial charge on any atom is 0.143 e. The summed E-state index contributed by atoms with van der Waals surface area (Å²) in [5.41, 5.74) is 0.799. The molecule has 0 fully saturated rings. The summed E-state index contributed by atoms with van der Waals surface area (Å²) in [6, 6.07) is 9.33. The first-order chi connectivity index (χ1) is 5.88. The van der Waals surface area contributed by atoms with E-state index in [1.807, 2.05) is 30.3 Å². The SMILES string of the molecule is [2H]c1nnnn1-c1ccccc1. The van der Waals surface area contributed by atoms with Crippen LogP contribution < -0.4 is 0 Å². The normalized spacial score (nSPS) is 11.1. The van der Waals surface area contributed by atoms with Crippen molar-refractivity contribution in [3.05, 3.63) is 36.6 Å². The van der Waals surface area contributed by atoms with Gasteiger partial charge in [-0.2, -0.15) is 0 Å². The second kappa shape index (κ2) is 2.49. The molecule has 1 heterocycles. The Morgan fingerprint density at radius 3 is 2.73 bits per heavy atom. The third kappa shape index (κ3) is 1.10.